The van der Waals surface area contributed by atoms with Gasteiger partial charge in [0.05, 0.1) is 0 Å². The minimum atomic E-state index is 0.805. The van der Waals surface area contributed by atoms with E-state index in [1.165, 1.54) is 16.9 Å². The third kappa shape index (κ3) is 3.74. The Hall–Kier alpha value is -1.22. The van der Waals surface area contributed by atoms with Crippen LogP contribution in [0.25, 0.3) is 0 Å². The van der Waals surface area contributed by atoms with Gasteiger partial charge in [-0.05, 0) is 31.0 Å². The molecule has 3 heteroatoms. The van der Waals surface area contributed by atoms with Gasteiger partial charge in [-0.1, -0.05) is 6.07 Å². The van der Waals surface area contributed by atoms with E-state index in [1.54, 1.807) is 7.11 Å². The van der Waals surface area contributed by atoms with Crippen LogP contribution in [0.2, 0.25) is 0 Å². The molecule has 16 heavy (non-hydrogen) atoms. The number of nitrogens with one attached hydrogen (secondary N) is 1. The molecule has 1 rings (SSSR count). The quantitative estimate of drug-likeness (QED) is 0.748. The van der Waals surface area contributed by atoms with E-state index >= 15 is 0 Å². The summed E-state index contributed by atoms with van der Waals surface area (Å²) < 4.78 is 5.01. The van der Waals surface area contributed by atoms with Crippen molar-refractivity contribution in [3.8, 4) is 0 Å². The van der Waals surface area contributed by atoms with Crippen LogP contribution < -0.4 is 10.2 Å². The molecular formula is C13H22N2O. The van der Waals surface area contributed by atoms with Gasteiger partial charge in [-0.25, -0.2) is 0 Å². The first-order chi connectivity index (χ1) is 7.65. The van der Waals surface area contributed by atoms with Crippen LogP contribution in [0.15, 0.2) is 18.2 Å². The molecule has 3 nitrogen and oxygen atoms in total. The average molecular weight is 222 g/mol. The van der Waals surface area contributed by atoms with Crippen molar-refractivity contribution in [3.05, 3.63) is 23.8 Å². The summed E-state index contributed by atoms with van der Waals surface area (Å²) in [7, 11) is 5.87. The number of nitrogens with zero attached hydrogens (tertiary/aromatic N) is 1. The molecule has 0 aliphatic rings. The van der Waals surface area contributed by atoms with Crippen LogP contribution in [0, 0.1) is 6.92 Å². The Bertz CT molecular complexity index is 324. The second-order valence-electron chi connectivity index (χ2n) is 4.17. The van der Waals surface area contributed by atoms with Crippen molar-refractivity contribution in [2.75, 3.05) is 44.6 Å². The molecule has 1 aromatic rings. The van der Waals surface area contributed by atoms with E-state index < -0.39 is 0 Å². The number of hydrogen-bond donors (Lipinski definition) is 1. The van der Waals surface area contributed by atoms with E-state index in [0.717, 1.165) is 19.6 Å². The van der Waals surface area contributed by atoms with Gasteiger partial charge in [-0.15, -0.1) is 0 Å². The largest absolute Gasteiger partial charge is 0.385 e. The standard InChI is InChI=1S/C13H22N2O/c1-11-6-7-12(10-13(11)15(2)3)14-8-5-9-16-4/h6-7,10,14H,5,8-9H2,1-4H3. The Morgan fingerprint density at radius 2 is 2.06 bits per heavy atom. The molecule has 1 aromatic carbocycles. The molecule has 0 radical (unpaired) electrons. The highest BCUT2D eigenvalue weighted by molar-refractivity contribution is 5.61. The van der Waals surface area contributed by atoms with Crippen molar-refractivity contribution in [1.29, 1.82) is 0 Å². The first-order valence-corrected chi connectivity index (χ1v) is 5.66. The zero-order valence-electron chi connectivity index (χ0n) is 10.7. The average Bonchev–Trinajstić information content (AvgIpc) is 2.26. The van der Waals surface area contributed by atoms with Crippen LogP contribution in [-0.2, 0) is 4.74 Å². The molecule has 90 valence electrons. The molecule has 0 aromatic heterocycles. The summed E-state index contributed by atoms with van der Waals surface area (Å²) in [5, 5.41) is 3.40. The second kappa shape index (κ2) is 6.38. The Kier molecular flexibility index (Phi) is 5.12. The topological polar surface area (TPSA) is 24.5 Å². The lowest BCUT2D eigenvalue weighted by Crippen LogP contribution is -2.11. The van der Waals surface area contributed by atoms with Crippen LogP contribution in [-0.4, -0.2) is 34.4 Å². The molecule has 0 unspecified atom stereocenters. The second-order valence-corrected chi connectivity index (χ2v) is 4.17. The maximum absolute atomic E-state index is 5.01. The fourth-order valence-electron chi connectivity index (χ4n) is 1.65. The number of aryl methyl sites for hydroxylation is 1. The molecule has 0 heterocycles. The molecule has 1 N–H and O–H groups in total. The predicted octanol–water partition coefficient (Wildman–Crippen LogP) is 2.51. The Morgan fingerprint density at radius 3 is 2.69 bits per heavy atom. The summed E-state index contributed by atoms with van der Waals surface area (Å²) in [5.74, 6) is 0. The van der Waals surface area contributed by atoms with Crippen LogP contribution >= 0.6 is 0 Å². The molecule has 0 bridgehead atoms. The van der Waals surface area contributed by atoms with Crippen LogP contribution in [0.5, 0.6) is 0 Å². The number of rotatable bonds is 6. The summed E-state index contributed by atoms with van der Waals surface area (Å²) in [6, 6.07) is 6.45. The molecule has 0 atom stereocenters. The lowest BCUT2D eigenvalue weighted by Gasteiger charge is -2.17. The van der Waals surface area contributed by atoms with Gasteiger partial charge in [0.15, 0.2) is 0 Å². The Labute approximate surface area is 98.4 Å². The van der Waals surface area contributed by atoms with Gasteiger partial charge >= 0.3 is 0 Å². The zero-order valence-corrected chi connectivity index (χ0v) is 10.7. The van der Waals surface area contributed by atoms with Crippen LogP contribution in [0.1, 0.15) is 12.0 Å². The maximum Gasteiger partial charge on any atom is 0.0479 e. The van der Waals surface area contributed by atoms with Gasteiger partial charge in [0, 0.05) is 45.7 Å². The normalized spacial score (nSPS) is 10.2. The molecule has 0 spiro atoms. The smallest absolute Gasteiger partial charge is 0.0479 e. The van der Waals surface area contributed by atoms with Crippen molar-refractivity contribution in [3.63, 3.8) is 0 Å². The van der Waals surface area contributed by atoms with Crippen molar-refractivity contribution in [2.45, 2.75) is 13.3 Å². The first kappa shape index (κ1) is 12.8. The molecule has 0 fully saturated rings. The zero-order chi connectivity index (χ0) is 12.0. The monoisotopic (exact) mass is 222 g/mol. The lowest BCUT2D eigenvalue weighted by molar-refractivity contribution is 0.198. The molecule has 0 amide bonds. The number of anilines is 2. The predicted molar refractivity (Wildman–Crippen MR) is 70.5 cm³/mol. The third-order valence-electron chi connectivity index (χ3n) is 2.55. The number of ether oxygens (including phenoxy) is 1. The van der Waals surface area contributed by atoms with E-state index in [1.807, 2.05) is 0 Å². The van der Waals surface area contributed by atoms with E-state index in [2.05, 4.69) is 49.4 Å². The van der Waals surface area contributed by atoms with Crippen molar-refractivity contribution >= 4 is 11.4 Å². The molecular weight excluding hydrogens is 200 g/mol. The third-order valence-corrected chi connectivity index (χ3v) is 2.55. The van der Waals surface area contributed by atoms with Crippen LogP contribution in [0.3, 0.4) is 0 Å². The molecule has 0 saturated carbocycles. The van der Waals surface area contributed by atoms with Gasteiger partial charge in [0.1, 0.15) is 0 Å². The van der Waals surface area contributed by atoms with Gasteiger partial charge in [-0.2, -0.15) is 0 Å². The Morgan fingerprint density at radius 1 is 1.31 bits per heavy atom. The van der Waals surface area contributed by atoms with E-state index in [4.69, 9.17) is 4.74 Å². The number of benzene rings is 1. The Balaban J connectivity index is 2.57. The van der Waals surface area contributed by atoms with Gasteiger partial charge in [0.25, 0.3) is 0 Å². The summed E-state index contributed by atoms with van der Waals surface area (Å²) in [6.07, 6.45) is 1.03. The van der Waals surface area contributed by atoms with Gasteiger partial charge in [0.2, 0.25) is 0 Å². The highest BCUT2D eigenvalue weighted by atomic mass is 16.5. The van der Waals surface area contributed by atoms with Crippen molar-refractivity contribution in [2.24, 2.45) is 0 Å². The van der Waals surface area contributed by atoms with E-state index in [9.17, 15) is 0 Å². The maximum atomic E-state index is 5.01. The molecule has 0 aliphatic heterocycles. The fourth-order valence-corrected chi connectivity index (χ4v) is 1.65. The fraction of sp³-hybridized carbons (Fsp3) is 0.538. The van der Waals surface area contributed by atoms with Crippen molar-refractivity contribution in [1.82, 2.24) is 0 Å². The van der Waals surface area contributed by atoms with E-state index in [-0.39, 0.29) is 0 Å². The summed E-state index contributed by atoms with van der Waals surface area (Å²) in [5.41, 5.74) is 3.73. The minimum Gasteiger partial charge on any atom is -0.385 e. The number of hydrogen-bond acceptors (Lipinski definition) is 3. The SMILES string of the molecule is COCCCNc1ccc(C)c(N(C)C)c1. The minimum absolute atomic E-state index is 0.805. The first-order valence-electron chi connectivity index (χ1n) is 5.66. The lowest BCUT2D eigenvalue weighted by atomic mass is 10.1. The van der Waals surface area contributed by atoms with Crippen LogP contribution in [0.4, 0.5) is 11.4 Å². The summed E-state index contributed by atoms with van der Waals surface area (Å²) >= 11 is 0. The van der Waals surface area contributed by atoms with Crippen molar-refractivity contribution < 1.29 is 4.74 Å². The summed E-state index contributed by atoms with van der Waals surface area (Å²) in [6.45, 7) is 3.88. The molecule has 0 aliphatic carbocycles. The number of methoxy groups -OCH3 is 1. The molecule has 0 saturated heterocycles. The highest BCUT2D eigenvalue weighted by Crippen LogP contribution is 2.22. The highest BCUT2D eigenvalue weighted by Gasteiger charge is 2.01. The van der Waals surface area contributed by atoms with Gasteiger partial charge < -0.3 is 15.0 Å². The van der Waals surface area contributed by atoms with E-state index in [0.29, 0.717) is 0 Å². The van der Waals surface area contributed by atoms with Gasteiger partial charge in [-0.3, -0.25) is 0 Å². The summed E-state index contributed by atoms with van der Waals surface area (Å²) in [4.78, 5) is 2.13.